The molecule has 0 spiro atoms. The first-order valence-electron chi connectivity index (χ1n) is 33.6. The second-order valence-electron chi connectivity index (χ2n) is 22.4. The molecule has 1 unspecified atom stereocenters. The minimum atomic E-state index is -0.783. The number of carbonyl (C=O) groups excluding carboxylic acids is 3. The SMILES string of the molecule is CC/C=C\C/C=C\C/C=C\C/C=C\C/C=C\CCCCCCCCCCCCCCCC(=O)OCC(COC(=O)CCCCCCCCCCCCCCCCC)OC(=O)CCCCCCC/C=C\C/C=C\CCCCCC. The summed E-state index contributed by atoms with van der Waals surface area (Å²) in [4.78, 5) is 38.4. The third kappa shape index (κ3) is 63.4. The van der Waals surface area contributed by atoms with Crippen LogP contribution in [0.1, 0.15) is 335 Å². The van der Waals surface area contributed by atoms with Crippen LogP contribution in [-0.4, -0.2) is 37.2 Å². The summed E-state index contributed by atoms with van der Waals surface area (Å²) >= 11 is 0. The minimum absolute atomic E-state index is 0.0781. The highest BCUT2D eigenvalue weighted by molar-refractivity contribution is 5.71. The average molecular weight is 1090 g/mol. The second kappa shape index (κ2) is 66.1. The van der Waals surface area contributed by atoms with Gasteiger partial charge in [-0.05, 0) is 96.3 Å². The molecule has 0 bridgehead atoms. The highest BCUT2D eigenvalue weighted by Gasteiger charge is 2.19. The predicted octanol–water partition coefficient (Wildman–Crippen LogP) is 23.1. The van der Waals surface area contributed by atoms with E-state index in [0.29, 0.717) is 19.3 Å². The standard InChI is InChI=1S/C72H126O6/c1-4-7-10-13-16-19-22-25-28-30-31-32-33-34-35-36-37-38-39-40-41-42-45-47-50-53-56-59-62-65-71(74)77-68-69(67-76-70(73)64-61-58-55-52-49-46-43-27-24-21-18-15-12-9-6-3)78-72(75)66-63-60-57-54-51-48-44-29-26-23-20-17-14-11-8-5-2/h7,10,16,19-20,23,25,28-29,31-32,34-35,44,69H,4-6,8-9,11-15,17-18,21-22,24,26-27,30,33,36-43,45-68H2,1-3H3/b10-7-,19-16-,23-20-,28-25-,32-31-,35-34-,44-29-. The Labute approximate surface area is 484 Å². The first-order chi connectivity index (χ1) is 38.5. The van der Waals surface area contributed by atoms with E-state index in [9.17, 15) is 14.4 Å². The summed E-state index contributed by atoms with van der Waals surface area (Å²) in [6.07, 6.45) is 87.4. The normalized spacial score (nSPS) is 12.6. The van der Waals surface area contributed by atoms with Crippen molar-refractivity contribution in [3.63, 3.8) is 0 Å². The van der Waals surface area contributed by atoms with Crippen LogP contribution in [-0.2, 0) is 28.6 Å². The molecule has 0 radical (unpaired) electrons. The van der Waals surface area contributed by atoms with Gasteiger partial charge in [0.25, 0.3) is 0 Å². The fourth-order valence-corrected chi connectivity index (χ4v) is 9.62. The van der Waals surface area contributed by atoms with Gasteiger partial charge in [-0.1, -0.05) is 305 Å². The summed E-state index contributed by atoms with van der Waals surface area (Å²) in [6.45, 7) is 6.54. The molecule has 450 valence electrons. The summed E-state index contributed by atoms with van der Waals surface area (Å²) in [7, 11) is 0. The fraction of sp³-hybridized carbons (Fsp3) is 0.764. The summed E-state index contributed by atoms with van der Waals surface area (Å²) in [5, 5.41) is 0. The van der Waals surface area contributed by atoms with Crippen molar-refractivity contribution in [2.45, 2.75) is 341 Å². The van der Waals surface area contributed by atoms with E-state index in [4.69, 9.17) is 14.2 Å². The van der Waals surface area contributed by atoms with Gasteiger partial charge in [-0.2, -0.15) is 0 Å². The minimum Gasteiger partial charge on any atom is -0.462 e. The van der Waals surface area contributed by atoms with E-state index in [1.165, 1.54) is 180 Å². The largest absolute Gasteiger partial charge is 0.462 e. The number of esters is 3. The van der Waals surface area contributed by atoms with Crippen LogP contribution >= 0.6 is 0 Å². The molecule has 0 aliphatic heterocycles. The van der Waals surface area contributed by atoms with E-state index in [1.807, 2.05) is 0 Å². The molecule has 0 saturated carbocycles. The summed E-state index contributed by atoms with van der Waals surface area (Å²) in [5.41, 5.74) is 0. The van der Waals surface area contributed by atoms with Gasteiger partial charge < -0.3 is 14.2 Å². The molecular formula is C72H126O6. The number of allylic oxidation sites excluding steroid dienone is 14. The number of hydrogen-bond donors (Lipinski definition) is 0. The van der Waals surface area contributed by atoms with Gasteiger partial charge in [0.05, 0.1) is 0 Å². The molecular weight excluding hydrogens is 961 g/mol. The highest BCUT2D eigenvalue weighted by Crippen LogP contribution is 2.17. The maximum absolute atomic E-state index is 12.9. The maximum atomic E-state index is 12.9. The predicted molar refractivity (Wildman–Crippen MR) is 339 cm³/mol. The molecule has 1 atom stereocenters. The molecule has 0 heterocycles. The van der Waals surface area contributed by atoms with Gasteiger partial charge in [0.15, 0.2) is 6.10 Å². The molecule has 6 nitrogen and oxygen atoms in total. The van der Waals surface area contributed by atoms with Gasteiger partial charge in [-0.15, -0.1) is 0 Å². The number of rotatable bonds is 61. The first-order valence-corrected chi connectivity index (χ1v) is 33.6. The zero-order valence-corrected chi connectivity index (χ0v) is 51.7. The molecule has 0 rings (SSSR count). The lowest BCUT2D eigenvalue weighted by atomic mass is 10.0. The Balaban J connectivity index is 4.27. The van der Waals surface area contributed by atoms with Crippen molar-refractivity contribution in [1.29, 1.82) is 0 Å². The number of ether oxygens (including phenoxy) is 3. The summed E-state index contributed by atoms with van der Waals surface area (Å²) < 4.78 is 16.9. The Bertz CT molecular complexity index is 1480. The summed E-state index contributed by atoms with van der Waals surface area (Å²) in [5.74, 6) is -0.876. The van der Waals surface area contributed by atoms with Crippen LogP contribution in [0.15, 0.2) is 85.1 Å². The van der Waals surface area contributed by atoms with Crippen LogP contribution in [0.25, 0.3) is 0 Å². The van der Waals surface area contributed by atoms with E-state index < -0.39 is 6.10 Å². The Kier molecular flexibility index (Phi) is 63.2. The van der Waals surface area contributed by atoms with Crippen LogP contribution in [0.4, 0.5) is 0 Å². The number of hydrogen-bond acceptors (Lipinski definition) is 6. The van der Waals surface area contributed by atoms with Crippen molar-refractivity contribution in [3.8, 4) is 0 Å². The van der Waals surface area contributed by atoms with Crippen molar-refractivity contribution in [1.82, 2.24) is 0 Å². The van der Waals surface area contributed by atoms with E-state index in [1.54, 1.807) is 0 Å². The maximum Gasteiger partial charge on any atom is 0.306 e. The van der Waals surface area contributed by atoms with E-state index in [-0.39, 0.29) is 31.1 Å². The molecule has 0 aromatic rings. The van der Waals surface area contributed by atoms with Gasteiger partial charge >= 0.3 is 17.9 Å². The third-order valence-electron chi connectivity index (χ3n) is 14.6. The lowest BCUT2D eigenvalue weighted by molar-refractivity contribution is -0.167. The lowest BCUT2D eigenvalue weighted by Crippen LogP contribution is -2.30. The highest BCUT2D eigenvalue weighted by atomic mass is 16.6. The Morgan fingerprint density at radius 3 is 0.795 bits per heavy atom. The lowest BCUT2D eigenvalue weighted by Gasteiger charge is -2.18. The molecule has 0 N–H and O–H groups in total. The van der Waals surface area contributed by atoms with Gasteiger partial charge in [0.2, 0.25) is 0 Å². The topological polar surface area (TPSA) is 78.9 Å². The smallest absolute Gasteiger partial charge is 0.306 e. The molecule has 0 aliphatic rings. The van der Waals surface area contributed by atoms with Crippen molar-refractivity contribution >= 4 is 17.9 Å². The van der Waals surface area contributed by atoms with Gasteiger partial charge in [-0.3, -0.25) is 14.4 Å². The Morgan fingerprint density at radius 1 is 0.269 bits per heavy atom. The van der Waals surface area contributed by atoms with Gasteiger partial charge in [-0.25, -0.2) is 0 Å². The quantitative estimate of drug-likeness (QED) is 0.0261. The molecule has 0 aliphatic carbocycles. The second-order valence-corrected chi connectivity index (χ2v) is 22.4. The van der Waals surface area contributed by atoms with Crippen molar-refractivity contribution in [3.05, 3.63) is 85.1 Å². The van der Waals surface area contributed by atoms with E-state index in [2.05, 4.69) is 106 Å². The molecule has 6 heteroatoms. The van der Waals surface area contributed by atoms with Gasteiger partial charge in [0.1, 0.15) is 13.2 Å². The monoisotopic (exact) mass is 1090 g/mol. The zero-order valence-electron chi connectivity index (χ0n) is 51.7. The molecule has 0 fully saturated rings. The van der Waals surface area contributed by atoms with Crippen molar-refractivity contribution in [2.75, 3.05) is 13.2 Å². The average Bonchev–Trinajstić information content (AvgIpc) is 3.44. The molecule has 0 aromatic carbocycles. The van der Waals surface area contributed by atoms with Crippen molar-refractivity contribution in [2.24, 2.45) is 0 Å². The van der Waals surface area contributed by atoms with E-state index >= 15 is 0 Å². The number of unbranched alkanes of at least 4 members (excludes halogenated alkanes) is 36. The zero-order chi connectivity index (χ0) is 56.4. The first kappa shape index (κ1) is 74.6. The Hall–Kier alpha value is -3.41. The van der Waals surface area contributed by atoms with Crippen LogP contribution in [0, 0.1) is 0 Å². The number of carbonyl (C=O) groups is 3. The molecule has 0 saturated heterocycles. The van der Waals surface area contributed by atoms with Crippen LogP contribution < -0.4 is 0 Å². The molecule has 78 heavy (non-hydrogen) atoms. The van der Waals surface area contributed by atoms with E-state index in [0.717, 1.165) is 116 Å². The fourth-order valence-electron chi connectivity index (χ4n) is 9.62. The Morgan fingerprint density at radius 2 is 0.500 bits per heavy atom. The summed E-state index contributed by atoms with van der Waals surface area (Å²) in [6, 6.07) is 0. The molecule has 0 aromatic heterocycles. The van der Waals surface area contributed by atoms with Gasteiger partial charge in [0, 0.05) is 19.3 Å². The van der Waals surface area contributed by atoms with Crippen LogP contribution in [0.3, 0.4) is 0 Å². The van der Waals surface area contributed by atoms with Crippen LogP contribution in [0.5, 0.6) is 0 Å². The van der Waals surface area contributed by atoms with Crippen molar-refractivity contribution < 1.29 is 28.6 Å². The third-order valence-corrected chi connectivity index (χ3v) is 14.6. The van der Waals surface area contributed by atoms with Crippen LogP contribution in [0.2, 0.25) is 0 Å². The molecule has 0 amide bonds.